The Hall–Kier alpha value is -1.66. The van der Waals surface area contributed by atoms with Gasteiger partial charge in [0.25, 0.3) is 0 Å². The molecular formula is C64H123NO5. The third-order valence-electron chi connectivity index (χ3n) is 14.7. The lowest BCUT2D eigenvalue weighted by atomic mass is 10.0. The van der Waals surface area contributed by atoms with Crippen molar-refractivity contribution < 1.29 is 24.5 Å². The standard InChI is InChI=1S/C64H123NO5/c1-3-5-7-9-11-13-15-16-17-18-28-31-34-38-42-46-50-54-58-64(69)70-59-55-51-47-43-39-35-32-29-26-24-22-20-19-21-23-25-27-30-33-37-41-45-49-53-57-63(68)65-61(60-66)62(67)56-52-48-44-40-36-14-12-10-8-6-4-2/h17-18,21,23,61-62,66-67H,3-16,19-20,22,24-60H2,1-2H3,(H,65,68)/b18-17-,23-21-. The van der Waals surface area contributed by atoms with Gasteiger partial charge in [-0.25, -0.2) is 0 Å². The summed E-state index contributed by atoms with van der Waals surface area (Å²) < 4.78 is 5.50. The molecule has 6 nitrogen and oxygen atoms in total. The number of hydrogen-bond acceptors (Lipinski definition) is 5. The molecule has 414 valence electrons. The van der Waals surface area contributed by atoms with Crippen LogP contribution in [0.4, 0.5) is 0 Å². The number of aliphatic hydroxyl groups is 2. The van der Waals surface area contributed by atoms with Crippen LogP contribution < -0.4 is 5.32 Å². The number of nitrogens with one attached hydrogen (secondary N) is 1. The van der Waals surface area contributed by atoms with Crippen molar-refractivity contribution in [2.24, 2.45) is 0 Å². The average molecular weight is 987 g/mol. The lowest BCUT2D eigenvalue weighted by Gasteiger charge is -2.22. The molecule has 0 radical (unpaired) electrons. The third kappa shape index (κ3) is 55.7. The molecule has 3 N–H and O–H groups in total. The van der Waals surface area contributed by atoms with Crippen LogP contribution >= 0.6 is 0 Å². The molecule has 0 bridgehead atoms. The van der Waals surface area contributed by atoms with E-state index in [0.29, 0.717) is 25.9 Å². The van der Waals surface area contributed by atoms with Crippen molar-refractivity contribution >= 4 is 11.9 Å². The van der Waals surface area contributed by atoms with E-state index >= 15 is 0 Å². The van der Waals surface area contributed by atoms with Crippen molar-refractivity contribution in [3.63, 3.8) is 0 Å². The maximum atomic E-state index is 12.4. The van der Waals surface area contributed by atoms with E-state index in [1.54, 1.807) is 0 Å². The fourth-order valence-corrected chi connectivity index (χ4v) is 9.87. The molecule has 0 aromatic carbocycles. The number of esters is 1. The lowest BCUT2D eigenvalue weighted by molar-refractivity contribution is -0.143. The molecule has 0 fully saturated rings. The molecule has 0 saturated carbocycles. The van der Waals surface area contributed by atoms with E-state index in [0.717, 1.165) is 44.9 Å². The van der Waals surface area contributed by atoms with Gasteiger partial charge in [0, 0.05) is 12.8 Å². The van der Waals surface area contributed by atoms with Crippen LogP contribution in [0, 0.1) is 0 Å². The number of amides is 1. The van der Waals surface area contributed by atoms with Crippen LogP contribution in [-0.4, -0.2) is 47.4 Å². The second-order valence-corrected chi connectivity index (χ2v) is 21.7. The normalized spacial score (nSPS) is 12.7. The molecule has 0 spiro atoms. The molecule has 1 amide bonds. The number of unbranched alkanes of at least 4 members (excludes halogenated alkanes) is 44. The quantitative estimate of drug-likeness (QED) is 0.0321. The largest absolute Gasteiger partial charge is 0.466 e. The number of ether oxygens (including phenoxy) is 1. The van der Waals surface area contributed by atoms with Gasteiger partial charge in [-0.1, -0.05) is 282 Å². The molecule has 2 unspecified atom stereocenters. The van der Waals surface area contributed by atoms with E-state index in [1.807, 2.05) is 0 Å². The summed E-state index contributed by atoms with van der Waals surface area (Å²) in [5, 5.41) is 23.2. The molecule has 0 aromatic rings. The highest BCUT2D eigenvalue weighted by atomic mass is 16.5. The molecule has 2 atom stereocenters. The molecule has 0 aliphatic rings. The Balaban J connectivity index is 3.37. The van der Waals surface area contributed by atoms with Crippen molar-refractivity contribution in [3.8, 4) is 0 Å². The zero-order chi connectivity index (χ0) is 50.7. The first-order valence-corrected chi connectivity index (χ1v) is 31.6. The van der Waals surface area contributed by atoms with Crippen molar-refractivity contribution in [1.82, 2.24) is 5.32 Å². The van der Waals surface area contributed by atoms with Gasteiger partial charge < -0.3 is 20.3 Å². The van der Waals surface area contributed by atoms with Crippen molar-refractivity contribution in [3.05, 3.63) is 24.3 Å². The van der Waals surface area contributed by atoms with Gasteiger partial charge in [-0.2, -0.15) is 0 Å². The third-order valence-corrected chi connectivity index (χ3v) is 14.7. The molecule has 0 rings (SSSR count). The highest BCUT2D eigenvalue weighted by Crippen LogP contribution is 2.17. The maximum absolute atomic E-state index is 12.4. The Labute approximate surface area is 437 Å². The minimum atomic E-state index is -0.665. The van der Waals surface area contributed by atoms with E-state index in [-0.39, 0.29) is 18.5 Å². The maximum Gasteiger partial charge on any atom is 0.305 e. The lowest BCUT2D eigenvalue weighted by Crippen LogP contribution is -2.45. The minimum absolute atomic E-state index is 0.00994. The van der Waals surface area contributed by atoms with E-state index in [4.69, 9.17) is 4.74 Å². The minimum Gasteiger partial charge on any atom is -0.466 e. The van der Waals surface area contributed by atoms with Crippen LogP contribution in [0.3, 0.4) is 0 Å². The fourth-order valence-electron chi connectivity index (χ4n) is 9.87. The number of carbonyl (C=O) groups excluding carboxylic acids is 2. The second-order valence-electron chi connectivity index (χ2n) is 21.7. The summed E-state index contributed by atoms with van der Waals surface area (Å²) in [6.45, 7) is 4.95. The number of hydrogen-bond donors (Lipinski definition) is 3. The first-order valence-electron chi connectivity index (χ1n) is 31.6. The zero-order valence-electron chi connectivity index (χ0n) is 47.3. The molecule has 0 heterocycles. The zero-order valence-corrected chi connectivity index (χ0v) is 47.3. The number of rotatable bonds is 59. The fraction of sp³-hybridized carbons (Fsp3) is 0.906. The monoisotopic (exact) mass is 986 g/mol. The summed E-state index contributed by atoms with van der Waals surface area (Å²) in [6.07, 6.45) is 73.4. The van der Waals surface area contributed by atoms with Gasteiger partial charge in [0.1, 0.15) is 0 Å². The molecule has 0 aliphatic heterocycles. The topological polar surface area (TPSA) is 95.9 Å². The Morgan fingerprint density at radius 3 is 1.01 bits per heavy atom. The molecular weight excluding hydrogens is 863 g/mol. The Bertz CT molecular complexity index is 1090. The number of allylic oxidation sites excluding steroid dienone is 4. The van der Waals surface area contributed by atoms with Crippen LogP contribution in [0.5, 0.6) is 0 Å². The highest BCUT2D eigenvalue weighted by molar-refractivity contribution is 5.76. The van der Waals surface area contributed by atoms with Crippen LogP contribution in [0.2, 0.25) is 0 Å². The molecule has 6 heteroatoms. The van der Waals surface area contributed by atoms with Crippen LogP contribution in [0.15, 0.2) is 24.3 Å². The van der Waals surface area contributed by atoms with E-state index < -0.39 is 12.1 Å². The van der Waals surface area contributed by atoms with Crippen LogP contribution in [0.1, 0.15) is 348 Å². The van der Waals surface area contributed by atoms with Gasteiger partial charge in [-0.05, 0) is 77.0 Å². The first kappa shape index (κ1) is 68.3. The summed E-state index contributed by atoms with van der Waals surface area (Å²) in [4.78, 5) is 24.5. The molecule has 0 saturated heterocycles. The summed E-state index contributed by atoms with van der Waals surface area (Å²) in [7, 11) is 0. The van der Waals surface area contributed by atoms with Gasteiger partial charge in [-0.15, -0.1) is 0 Å². The first-order chi connectivity index (χ1) is 34.5. The Kier molecular flexibility index (Phi) is 58.5. The summed E-state index contributed by atoms with van der Waals surface area (Å²) in [5.74, 6) is -0.0296. The summed E-state index contributed by atoms with van der Waals surface area (Å²) >= 11 is 0. The smallest absolute Gasteiger partial charge is 0.305 e. The summed E-state index contributed by atoms with van der Waals surface area (Å²) in [5.41, 5.74) is 0. The SMILES string of the molecule is CCCCCCCCC/C=C\CCCCCCCCCC(=O)OCCCCCCCCCCCCCC/C=C\CCCCCCCCCCC(=O)NC(CO)C(O)CCCCCCCCCCCCC. The van der Waals surface area contributed by atoms with Crippen LogP contribution in [-0.2, 0) is 14.3 Å². The van der Waals surface area contributed by atoms with E-state index in [1.165, 1.54) is 270 Å². The average Bonchev–Trinajstić information content (AvgIpc) is 3.36. The number of aliphatic hydroxyl groups excluding tert-OH is 2. The van der Waals surface area contributed by atoms with Gasteiger partial charge >= 0.3 is 5.97 Å². The van der Waals surface area contributed by atoms with Gasteiger partial charge in [-0.3, -0.25) is 9.59 Å². The van der Waals surface area contributed by atoms with Gasteiger partial charge in [0.2, 0.25) is 5.91 Å². The Morgan fingerprint density at radius 2 is 0.671 bits per heavy atom. The highest BCUT2D eigenvalue weighted by Gasteiger charge is 2.20. The Morgan fingerprint density at radius 1 is 0.386 bits per heavy atom. The molecule has 0 aromatic heterocycles. The molecule has 70 heavy (non-hydrogen) atoms. The van der Waals surface area contributed by atoms with E-state index in [2.05, 4.69) is 43.5 Å². The predicted molar refractivity (Wildman–Crippen MR) is 306 cm³/mol. The van der Waals surface area contributed by atoms with Crippen molar-refractivity contribution in [2.45, 2.75) is 360 Å². The van der Waals surface area contributed by atoms with Gasteiger partial charge in [0.15, 0.2) is 0 Å². The summed E-state index contributed by atoms with van der Waals surface area (Å²) in [6, 6.07) is -0.543. The number of carbonyl (C=O) groups is 2. The van der Waals surface area contributed by atoms with Crippen molar-refractivity contribution in [2.75, 3.05) is 13.2 Å². The predicted octanol–water partition coefficient (Wildman–Crippen LogP) is 19.8. The van der Waals surface area contributed by atoms with Gasteiger partial charge in [0.05, 0.1) is 25.4 Å². The molecule has 0 aliphatic carbocycles. The van der Waals surface area contributed by atoms with Crippen molar-refractivity contribution in [1.29, 1.82) is 0 Å². The van der Waals surface area contributed by atoms with Crippen LogP contribution in [0.25, 0.3) is 0 Å². The second kappa shape index (κ2) is 59.9. The van der Waals surface area contributed by atoms with E-state index in [9.17, 15) is 19.8 Å².